The molecule has 0 radical (unpaired) electrons. The summed E-state index contributed by atoms with van der Waals surface area (Å²) in [6, 6.07) is 5.24. The second-order valence-electron chi connectivity index (χ2n) is 7.09. The van der Waals surface area contributed by atoms with E-state index in [4.69, 9.17) is 0 Å². The molecule has 6 nitrogen and oxygen atoms in total. The third-order valence-electron chi connectivity index (χ3n) is 5.19. The summed E-state index contributed by atoms with van der Waals surface area (Å²) in [5.74, 6) is 0.101. The predicted molar refractivity (Wildman–Crippen MR) is 96.5 cm³/mol. The van der Waals surface area contributed by atoms with Gasteiger partial charge in [-0.1, -0.05) is 25.8 Å². The monoisotopic (exact) mass is 343 g/mol. The number of aryl methyl sites for hydroxylation is 1. The molecular weight excluding hydrogens is 318 g/mol. The molecule has 134 valence electrons. The minimum Gasteiger partial charge on any atom is -0.335 e. The van der Waals surface area contributed by atoms with Gasteiger partial charge in [0.25, 0.3) is 0 Å². The Kier molecular flexibility index (Phi) is 5.06. The van der Waals surface area contributed by atoms with Gasteiger partial charge in [-0.05, 0) is 43.4 Å². The van der Waals surface area contributed by atoms with Gasteiger partial charge in [0.2, 0.25) is 11.8 Å². The summed E-state index contributed by atoms with van der Waals surface area (Å²) in [5, 5.41) is 5.87. The normalized spacial score (nSPS) is 23.7. The summed E-state index contributed by atoms with van der Waals surface area (Å²) >= 11 is 0. The van der Waals surface area contributed by atoms with Gasteiger partial charge in [0, 0.05) is 24.6 Å². The maximum absolute atomic E-state index is 12.3. The quantitative estimate of drug-likeness (QED) is 0.826. The fourth-order valence-electron chi connectivity index (χ4n) is 3.64. The van der Waals surface area contributed by atoms with Crippen molar-refractivity contribution in [3.8, 4) is 0 Å². The standard InChI is InChI=1S/C19H25N3O3/c1-12-5-3-4-6-15(12)21-19(25)20-14-8-7-13(2)16(11-14)22-17(23)9-10-18(22)24/h7-8,11-12,15H,3-6,9-10H2,1-2H3,(H2,20,21,25)/t12-,15-/m0/s1. The van der Waals surface area contributed by atoms with Gasteiger partial charge in [0.05, 0.1) is 5.69 Å². The summed E-state index contributed by atoms with van der Waals surface area (Å²) < 4.78 is 0. The van der Waals surface area contributed by atoms with E-state index in [1.807, 2.05) is 13.0 Å². The SMILES string of the molecule is Cc1ccc(NC(=O)N[C@H]2CCCC[C@@H]2C)cc1N1C(=O)CCC1=O. The van der Waals surface area contributed by atoms with Crippen molar-refractivity contribution < 1.29 is 14.4 Å². The van der Waals surface area contributed by atoms with Gasteiger partial charge in [0.15, 0.2) is 0 Å². The van der Waals surface area contributed by atoms with Gasteiger partial charge in [-0.15, -0.1) is 0 Å². The lowest BCUT2D eigenvalue weighted by atomic mass is 9.86. The number of rotatable bonds is 3. The Morgan fingerprint density at radius 2 is 1.80 bits per heavy atom. The van der Waals surface area contributed by atoms with Crippen LogP contribution in [0.5, 0.6) is 0 Å². The largest absolute Gasteiger partial charge is 0.335 e. The van der Waals surface area contributed by atoms with Crippen molar-refractivity contribution >= 4 is 29.2 Å². The maximum atomic E-state index is 12.3. The van der Waals surface area contributed by atoms with Crippen molar-refractivity contribution in [2.45, 2.75) is 58.4 Å². The van der Waals surface area contributed by atoms with Crippen LogP contribution in [0, 0.1) is 12.8 Å². The summed E-state index contributed by atoms with van der Waals surface area (Å²) in [7, 11) is 0. The lowest BCUT2D eigenvalue weighted by Gasteiger charge is -2.29. The second kappa shape index (κ2) is 7.25. The highest BCUT2D eigenvalue weighted by atomic mass is 16.2. The van der Waals surface area contributed by atoms with Crippen LogP contribution < -0.4 is 15.5 Å². The molecule has 4 amide bonds. The lowest BCUT2D eigenvalue weighted by Crippen LogP contribution is -2.43. The fraction of sp³-hybridized carbons (Fsp3) is 0.526. The average molecular weight is 343 g/mol. The summed E-state index contributed by atoms with van der Waals surface area (Å²) in [4.78, 5) is 37.5. The molecule has 0 bridgehead atoms. The van der Waals surface area contributed by atoms with Crippen molar-refractivity contribution in [1.29, 1.82) is 0 Å². The number of nitrogens with one attached hydrogen (secondary N) is 2. The molecule has 0 aromatic heterocycles. The first-order valence-corrected chi connectivity index (χ1v) is 8.99. The van der Waals surface area contributed by atoms with E-state index < -0.39 is 0 Å². The van der Waals surface area contributed by atoms with E-state index >= 15 is 0 Å². The van der Waals surface area contributed by atoms with E-state index in [1.165, 1.54) is 11.3 Å². The molecule has 2 atom stereocenters. The number of imide groups is 1. The molecule has 0 spiro atoms. The molecule has 1 aromatic rings. The van der Waals surface area contributed by atoms with Crippen molar-refractivity contribution in [2.24, 2.45) is 5.92 Å². The third-order valence-corrected chi connectivity index (χ3v) is 5.19. The first-order valence-electron chi connectivity index (χ1n) is 8.99. The molecule has 1 aliphatic carbocycles. The number of benzene rings is 1. The Morgan fingerprint density at radius 1 is 1.12 bits per heavy atom. The number of nitrogens with zero attached hydrogens (tertiary/aromatic N) is 1. The highest BCUT2D eigenvalue weighted by Crippen LogP contribution is 2.29. The van der Waals surface area contributed by atoms with E-state index in [9.17, 15) is 14.4 Å². The summed E-state index contributed by atoms with van der Waals surface area (Å²) in [5.41, 5.74) is 1.96. The van der Waals surface area contributed by atoms with Crippen molar-refractivity contribution in [1.82, 2.24) is 5.32 Å². The zero-order chi connectivity index (χ0) is 18.0. The number of urea groups is 1. The number of anilines is 2. The van der Waals surface area contributed by atoms with Crippen LogP contribution in [0.1, 0.15) is 51.0 Å². The molecule has 6 heteroatoms. The van der Waals surface area contributed by atoms with Crippen LogP contribution >= 0.6 is 0 Å². The van der Waals surface area contributed by atoms with Gasteiger partial charge >= 0.3 is 6.03 Å². The number of hydrogen-bond donors (Lipinski definition) is 2. The molecule has 25 heavy (non-hydrogen) atoms. The Labute approximate surface area is 148 Å². The predicted octanol–water partition coefficient (Wildman–Crippen LogP) is 3.35. The molecule has 1 heterocycles. The van der Waals surface area contributed by atoms with E-state index in [1.54, 1.807) is 12.1 Å². The van der Waals surface area contributed by atoms with Crippen LogP contribution in [-0.2, 0) is 9.59 Å². The van der Waals surface area contributed by atoms with Gasteiger partial charge < -0.3 is 10.6 Å². The zero-order valence-corrected chi connectivity index (χ0v) is 14.8. The molecule has 2 fully saturated rings. The highest BCUT2D eigenvalue weighted by molar-refractivity contribution is 6.20. The average Bonchev–Trinajstić information content (AvgIpc) is 2.90. The van der Waals surface area contributed by atoms with Crippen LogP contribution in [0.4, 0.5) is 16.2 Å². The smallest absolute Gasteiger partial charge is 0.319 e. The maximum Gasteiger partial charge on any atom is 0.319 e. The molecule has 2 aliphatic rings. The van der Waals surface area contributed by atoms with Gasteiger partial charge in [-0.2, -0.15) is 0 Å². The van der Waals surface area contributed by atoms with E-state index in [0.29, 0.717) is 17.3 Å². The van der Waals surface area contributed by atoms with Crippen LogP contribution in [0.15, 0.2) is 18.2 Å². The summed E-state index contributed by atoms with van der Waals surface area (Å²) in [6.07, 6.45) is 5.00. The van der Waals surface area contributed by atoms with Gasteiger partial charge in [-0.25, -0.2) is 4.79 Å². The molecule has 1 aromatic carbocycles. The van der Waals surface area contributed by atoms with E-state index in [2.05, 4.69) is 17.6 Å². The number of hydrogen-bond acceptors (Lipinski definition) is 3. The molecular formula is C19H25N3O3. The van der Waals surface area contributed by atoms with Crippen LogP contribution in [0.2, 0.25) is 0 Å². The van der Waals surface area contributed by atoms with E-state index in [-0.39, 0.29) is 36.7 Å². The number of carbonyl (C=O) groups excluding carboxylic acids is 3. The minimum absolute atomic E-state index is 0.189. The van der Waals surface area contributed by atoms with Crippen LogP contribution in [0.3, 0.4) is 0 Å². The summed E-state index contributed by atoms with van der Waals surface area (Å²) in [6.45, 7) is 4.01. The molecule has 3 rings (SSSR count). The molecule has 0 unspecified atom stereocenters. The zero-order valence-electron chi connectivity index (χ0n) is 14.8. The first-order chi connectivity index (χ1) is 12.0. The Hall–Kier alpha value is -2.37. The number of amides is 4. The topological polar surface area (TPSA) is 78.5 Å². The Bertz CT molecular complexity index is 685. The lowest BCUT2D eigenvalue weighted by molar-refractivity contribution is -0.121. The van der Waals surface area contributed by atoms with Crippen molar-refractivity contribution in [2.75, 3.05) is 10.2 Å². The fourth-order valence-corrected chi connectivity index (χ4v) is 3.64. The second-order valence-corrected chi connectivity index (χ2v) is 7.09. The van der Waals surface area contributed by atoms with E-state index in [0.717, 1.165) is 24.8 Å². The van der Waals surface area contributed by atoms with Crippen LogP contribution in [0.25, 0.3) is 0 Å². The van der Waals surface area contributed by atoms with Gasteiger partial charge in [-0.3, -0.25) is 14.5 Å². The molecule has 1 aliphatic heterocycles. The number of carbonyl (C=O) groups is 3. The van der Waals surface area contributed by atoms with Crippen molar-refractivity contribution in [3.05, 3.63) is 23.8 Å². The minimum atomic E-state index is -0.243. The Balaban J connectivity index is 1.70. The Morgan fingerprint density at radius 3 is 2.48 bits per heavy atom. The first kappa shape index (κ1) is 17.5. The third kappa shape index (κ3) is 3.83. The van der Waals surface area contributed by atoms with Crippen molar-refractivity contribution in [3.63, 3.8) is 0 Å². The van der Waals surface area contributed by atoms with Gasteiger partial charge in [0.1, 0.15) is 0 Å². The highest BCUT2D eigenvalue weighted by Gasteiger charge is 2.31. The molecule has 1 saturated heterocycles. The van der Waals surface area contributed by atoms with Crippen LogP contribution in [-0.4, -0.2) is 23.9 Å². The molecule has 2 N–H and O–H groups in total. The molecule has 1 saturated carbocycles.